The summed E-state index contributed by atoms with van der Waals surface area (Å²) in [6.45, 7) is 1.73. The fraction of sp³-hybridized carbons (Fsp3) is 0.176. The highest BCUT2D eigenvalue weighted by Crippen LogP contribution is 2.27. The second kappa shape index (κ2) is 8.66. The predicted octanol–water partition coefficient (Wildman–Crippen LogP) is 3.23. The van der Waals surface area contributed by atoms with Crippen LogP contribution in [-0.2, 0) is 11.3 Å². The molecule has 2 rings (SSSR count). The van der Waals surface area contributed by atoms with Crippen molar-refractivity contribution in [1.82, 2.24) is 10.3 Å². The number of nitro groups is 1. The van der Waals surface area contributed by atoms with Crippen molar-refractivity contribution in [1.29, 1.82) is 0 Å². The fourth-order valence-electron chi connectivity index (χ4n) is 1.93. The first-order valence-corrected chi connectivity index (χ1v) is 7.59. The molecule has 0 saturated heterocycles. The minimum atomic E-state index is -0.602. The molecule has 1 aromatic heterocycles. The maximum Gasteiger partial charge on any atom is 0.408 e. The fourth-order valence-corrected chi connectivity index (χ4v) is 2.19. The van der Waals surface area contributed by atoms with Gasteiger partial charge in [0.15, 0.2) is 0 Å². The smallest absolute Gasteiger partial charge is 0.408 e. The second-order valence-corrected chi connectivity index (χ2v) is 5.27. The monoisotopic (exact) mass is 359 g/mol. The Morgan fingerprint density at radius 3 is 2.80 bits per heavy atom. The number of nitrogens with zero attached hydrogens (tertiary/aromatic N) is 2. The lowest BCUT2D eigenvalue weighted by atomic mass is 10.1. The highest BCUT2D eigenvalue weighted by Gasteiger charge is 2.19. The summed E-state index contributed by atoms with van der Waals surface area (Å²) in [5.74, 6) is 5.41. The third-order valence-corrected chi connectivity index (χ3v) is 3.48. The molecule has 25 heavy (non-hydrogen) atoms. The zero-order valence-electron chi connectivity index (χ0n) is 13.3. The maximum atomic E-state index is 11.6. The molecular weight excluding hydrogens is 346 g/mol. The molecule has 0 unspecified atom stereocenters. The number of carbonyl (C=O) groups excluding carboxylic acids is 1. The SMILES string of the molecule is Cc1c(C#CCNC(=O)OCc2ccccc2)cnc(Cl)c1[N+](=O)[O-]. The molecule has 7 nitrogen and oxygen atoms in total. The molecule has 2 aromatic rings. The molecule has 0 aliphatic heterocycles. The van der Waals surface area contributed by atoms with Gasteiger partial charge in [-0.3, -0.25) is 10.1 Å². The van der Waals surface area contributed by atoms with Crippen LogP contribution in [0, 0.1) is 28.9 Å². The first-order chi connectivity index (χ1) is 12.0. The molecule has 1 aromatic carbocycles. The lowest BCUT2D eigenvalue weighted by Crippen LogP contribution is -2.24. The average Bonchev–Trinajstić information content (AvgIpc) is 2.59. The van der Waals surface area contributed by atoms with Crippen LogP contribution < -0.4 is 5.32 Å². The Hall–Kier alpha value is -3.11. The van der Waals surface area contributed by atoms with Crippen LogP contribution in [0.1, 0.15) is 16.7 Å². The lowest BCUT2D eigenvalue weighted by molar-refractivity contribution is -0.385. The van der Waals surface area contributed by atoms with Crippen molar-refractivity contribution in [3.63, 3.8) is 0 Å². The van der Waals surface area contributed by atoms with Crippen LogP contribution in [0.5, 0.6) is 0 Å². The number of amides is 1. The number of halogens is 1. The number of rotatable bonds is 4. The Morgan fingerprint density at radius 2 is 2.12 bits per heavy atom. The van der Waals surface area contributed by atoms with Crippen molar-refractivity contribution in [2.45, 2.75) is 13.5 Å². The van der Waals surface area contributed by atoms with Gasteiger partial charge >= 0.3 is 11.8 Å². The summed E-state index contributed by atoms with van der Waals surface area (Å²) in [7, 11) is 0. The van der Waals surface area contributed by atoms with Crippen molar-refractivity contribution in [3.8, 4) is 11.8 Å². The quantitative estimate of drug-likeness (QED) is 0.391. The third kappa shape index (κ3) is 5.19. The summed E-state index contributed by atoms with van der Waals surface area (Å²) >= 11 is 5.71. The van der Waals surface area contributed by atoms with E-state index in [-0.39, 0.29) is 24.0 Å². The predicted molar refractivity (Wildman–Crippen MR) is 92.1 cm³/mol. The molecule has 1 amide bonds. The number of benzene rings is 1. The van der Waals surface area contributed by atoms with Crippen LogP contribution in [0.15, 0.2) is 36.5 Å². The molecule has 0 aliphatic rings. The van der Waals surface area contributed by atoms with Gasteiger partial charge < -0.3 is 10.1 Å². The standard InChI is InChI=1S/C17H14ClN3O4/c1-12-14(10-20-16(18)15(12)21(23)24)8-5-9-19-17(22)25-11-13-6-3-2-4-7-13/h2-4,6-7,10H,9,11H2,1H3,(H,19,22). The zero-order chi connectivity index (χ0) is 18.2. The van der Waals surface area contributed by atoms with E-state index >= 15 is 0 Å². The van der Waals surface area contributed by atoms with Crippen molar-refractivity contribution in [2.24, 2.45) is 0 Å². The van der Waals surface area contributed by atoms with Crippen molar-refractivity contribution in [3.05, 3.63) is 68.5 Å². The zero-order valence-corrected chi connectivity index (χ0v) is 14.0. The van der Waals surface area contributed by atoms with Gasteiger partial charge in [-0.25, -0.2) is 9.78 Å². The maximum absolute atomic E-state index is 11.6. The number of aromatic nitrogens is 1. The molecule has 1 heterocycles. The van der Waals surface area contributed by atoms with Gasteiger partial charge in [0.2, 0.25) is 5.15 Å². The van der Waals surface area contributed by atoms with Gasteiger partial charge in [0.05, 0.1) is 17.0 Å². The van der Waals surface area contributed by atoms with Gasteiger partial charge in [-0.15, -0.1) is 0 Å². The summed E-state index contributed by atoms with van der Waals surface area (Å²) in [6.07, 6.45) is 0.751. The van der Waals surface area contributed by atoms with Crippen LogP contribution >= 0.6 is 11.6 Å². The Bertz CT molecular complexity index is 844. The molecule has 128 valence electrons. The molecule has 0 saturated carbocycles. The van der Waals surface area contributed by atoms with Crippen LogP contribution in [-0.4, -0.2) is 22.5 Å². The van der Waals surface area contributed by atoms with E-state index in [1.54, 1.807) is 0 Å². The number of carbonyl (C=O) groups is 1. The molecule has 8 heteroatoms. The molecule has 1 N–H and O–H groups in total. The minimum absolute atomic E-state index is 0.0312. The summed E-state index contributed by atoms with van der Waals surface area (Å²) in [5, 5.41) is 13.3. The second-order valence-electron chi connectivity index (χ2n) is 4.91. The van der Waals surface area contributed by atoms with Crippen molar-refractivity contribution < 1.29 is 14.5 Å². The summed E-state index contributed by atoms with van der Waals surface area (Å²) in [4.78, 5) is 25.7. The van der Waals surface area contributed by atoms with E-state index in [0.717, 1.165) is 5.56 Å². The van der Waals surface area contributed by atoms with Gasteiger partial charge in [-0.1, -0.05) is 53.8 Å². The Balaban J connectivity index is 1.89. The first-order valence-electron chi connectivity index (χ1n) is 7.22. The molecule has 0 atom stereocenters. The highest BCUT2D eigenvalue weighted by molar-refractivity contribution is 6.31. The van der Waals surface area contributed by atoms with Crippen molar-refractivity contribution in [2.75, 3.05) is 6.54 Å². The third-order valence-electron chi connectivity index (χ3n) is 3.20. The number of nitrogens with one attached hydrogen (secondary N) is 1. The molecule has 0 fully saturated rings. The van der Waals surface area contributed by atoms with Crippen LogP contribution in [0.3, 0.4) is 0 Å². The number of alkyl carbamates (subject to hydrolysis) is 1. The minimum Gasteiger partial charge on any atom is -0.445 e. The van der Waals surface area contributed by atoms with E-state index in [9.17, 15) is 14.9 Å². The van der Waals surface area contributed by atoms with Crippen LogP contribution in [0.4, 0.5) is 10.5 Å². The Kier molecular flexibility index (Phi) is 6.32. The topological polar surface area (TPSA) is 94.4 Å². The summed E-state index contributed by atoms with van der Waals surface area (Å²) in [6, 6.07) is 9.26. The Morgan fingerprint density at radius 1 is 1.40 bits per heavy atom. The lowest BCUT2D eigenvalue weighted by Gasteiger charge is -2.04. The molecule has 0 spiro atoms. The van der Waals surface area contributed by atoms with E-state index in [0.29, 0.717) is 11.1 Å². The van der Waals surface area contributed by atoms with Gasteiger partial charge in [-0.2, -0.15) is 0 Å². The largest absolute Gasteiger partial charge is 0.445 e. The summed E-state index contributed by atoms with van der Waals surface area (Å²) < 4.78 is 5.03. The highest BCUT2D eigenvalue weighted by atomic mass is 35.5. The van der Waals surface area contributed by atoms with E-state index in [2.05, 4.69) is 22.1 Å². The summed E-state index contributed by atoms with van der Waals surface area (Å²) in [5.41, 5.74) is 1.29. The number of pyridine rings is 1. The molecular formula is C17H14ClN3O4. The Labute approximate surface area is 149 Å². The number of ether oxygens (including phenoxy) is 1. The van der Waals surface area contributed by atoms with Gasteiger partial charge in [0, 0.05) is 11.8 Å². The normalized spacial score (nSPS) is 9.68. The molecule has 0 bridgehead atoms. The van der Waals surface area contributed by atoms with Crippen LogP contribution in [0.2, 0.25) is 5.15 Å². The van der Waals surface area contributed by atoms with Gasteiger partial charge in [-0.05, 0) is 12.5 Å². The van der Waals surface area contributed by atoms with Crippen LogP contribution in [0.25, 0.3) is 0 Å². The van der Waals surface area contributed by atoms with E-state index < -0.39 is 11.0 Å². The van der Waals surface area contributed by atoms with Gasteiger partial charge in [0.25, 0.3) is 0 Å². The van der Waals surface area contributed by atoms with Gasteiger partial charge in [0.1, 0.15) is 6.61 Å². The van der Waals surface area contributed by atoms with E-state index in [1.807, 2.05) is 30.3 Å². The molecule has 0 radical (unpaired) electrons. The van der Waals surface area contributed by atoms with E-state index in [4.69, 9.17) is 16.3 Å². The number of hydrogen-bond donors (Lipinski definition) is 1. The molecule has 0 aliphatic carbocycles. The average molecular weight is 360 g/mol. The number of hydrogen-bond acceptors (Lipinski definition) is 5. The van der Waals surface area contributed by atoms with Crippen molar-refractivity contribution >= 4 is 23.4 Å². The first kappa shape index (κ1) is 18.2. The van der Waals surface area contributed by atoms with E-state index in [1.165, 1.54) is 13.1 Å².